The fraction of sp³-hybridized carbons (Fsp3) is 0.400. The van der Waals surface area contributed by atoms with Crippen molar-refractivity contribution in [3.05, 3.63) is 59.1 Å². The lowest BCUT2D eigenvalue weighted by atomic mass is 10.2. The maximum atomic E-state index is 13.0. The van der Waals surface area contributed by atoms with Crippen molar-refractivity contribution in [1.29, 1.82) is 0 Å². The van der Waals surface area contributed by atoms with Gasteiger partial charge in [-0.2, -0.15) is 0 Å². The minimum absolute atomic E-state index is 0.0494. The third-order valence-corrected chi connectivity index (χ3v) is 4.90. The third kappa shape index (κ3) is 5.33. The van der Waals surface area contributed by atoms with Gasteiger partial charge in [-0.25, -0.2) is 0 Å². The third-order valence-electron chi connectivity index (χ3n) is 4.04. The van der Waals surface area contributed by atoms with Crippen molar-refractivity contribution in [2.45, 2.75) is 20.4 Å². The summed E-state index contributed by atoms with van der Waals surface area (Å²) in [5.74, 6) is 0.170. The van der Waals surface area contributed by atoms with Crippen LogP contribution < -0.4 is 0 Å². The lowest BCUT2D eigenvalue weighted by Crippen LogP contribution is -2.44. The van der Waals surface area contributed by atoms with Crippen LogP contribution in [-0.2, 0) is 18.4 Å². The predicted molar refractivity (Wildman–Crippen MR) is 106 cm³/mol. The topological polar surface area (TPSA) is 45.6 Å². The van der Waals surface area contributed by atoms with Gasteiger partial charge in [-0.1, -0.05) is 26.0 Å². The quantitative estimate of drug-likeness (QED) is 0.633. The minimum Gasteiger partial charge on any atom is -0.353 e. The van der Waals surface area contributed by atoms with Crippen LogP contribution in [0.5, 0.6) is 0 Å². The molecule has 0 bridgehead atoms. The van der Waals surface area contributed by atoms with Gasteiger partial charge in [-0.3, -0.25) is 9.59 Å². The number of aryl methyl sites for hydroxylation is 1. The van der Waals surface area contributed by atoms with Crippen molar-refractivity contribution in [2.24, 2.45) is 13.0 Å². The van der Waals surface area contributed by atoms with E-state index in [2.05, 4.69) is 20.4 Å². The minimum atomic E-state index is -0.128. The zero-order chi connectivity index (χ0) is 19.1. The molecule has 0 unspecified atom stereocenters. The van der Waals surface area contributed by atoms with E-state index in [4.69, 9.17) is 0 Å². The monoisotopic (exact) mass is 373 g/mol. The Morgan fingerprint density at radius 3 is 2.58 bits per heavy atom. The molecule has 140 valence electrons. The van der Waals surface area contributed by atoms with Gasteiger partial charge in [0.15, 0.2) is 0 Å². The summed E-state index contributed by atoms with van der Waals surface area (Å²) >= 11 is 1.38. The van der Waals surface area contributed by atoms with Crippen molar-refractivity contribution >= 4 is 23.2 Å². The number of hydrogen-bond donors (Lipinski definition) is 0. The summed E-state index contributed by atoms with van der Waals surface area (Å²) < 4.78 is 2.01. The summed E-state index contributed by atoms with van der Waals surface area (Å²) in [5, 5.41) is 1.86. The number of nitrogens with zero attached hydrogens (tertiary/aromatic N) is 3. The first-order valence-electron chi connectivity index (χ1n) is 8.74. The average molecular weight is 374 g/mol. The van der Waals surface area contributed by atoms with Crippen molar-refractivity contribution in [1.82, 2.24) is 14.4 Å². The molecular formula is C20H27N3O2S. The van der Waals surface area contributed by atoms with Gasteiger partial charge in [0, 0.05) is 32.0 Å². The van der Waals surface area contributed by atoms with Gasteiger partial charge >= 0.3 is 0 Å². The fourth-order valence-corrected chi connectivity index (χ4v) is 3.44. The van der Waals surface area contributed by atoms with Crippen LogP contribution in [0.1, 0.15) is 29.2 Å². The molecule has 0 saturated heterocycles. The first-order chi connectivity index (χ1) is 12.4. The number of carbonyl (C=O) groups excluding carboxylic acids is 2. The zero-order valence-electron chi connectivity index (χ0n) is 15.7. The van der Waals surface area contributed by atoms with Crippen molar-refractivity contribution in [3.63, 3.8) is 0 Å². The van der Waals surface area contributed by atoms with Crippen LogP contribution in [0.4, 0.5) is 0 Å². The number of amides is 2. The maximum absolute atomic E-state index is 13.0. The van der Waals surface area contributed by atoms with Gasteiger partial charge in [0.25, 0.3) is 5.91 Å². The lowest BCUT2D eigenvalue weighted by Gasteiger charge is -2.28. The molecule has 6 heteroatoms. The molecule has 2 rings (SSSR count). The second-order valence-corrected chi connectivity index (χ2v) is 7.68. The largest absolute Gasteiger partial charge is 0.353 e. The lowest BCUT2D eigenvalue weighted by molar-refractivity contribution is -0.133. The highest BCUT2D eigenvalue weighted by atomic mass is 32.1. The summed E-state index contributed by atoms with van der Waals surface area (Å²) in [7, 11) is 1.97. The molecule has 0 fully saturated rings. The van der Waals surface area contributed by atoms with Crippen LogP contribution in [0, 0.1) is 5.92 Å². The summed E-state index contributed by atoms with van der Waals surface area (Å²) in [5.41, 5.74) is 1.07. The predicted octanol–water partition coefficient (Wildman–Crippen LogP) is 3.40. The normalized spacial score (nSPS) is 10.8. The van der Waals surface area contributed by atoms with Crippen LogP contribution in [0.3, 0.4) is 0 Å². The second-order valence-electron chi connectivity index (χ2n) is 6.73. The van der Waals surface area contributed by atoms with E-state index in [1.54, 1.807) is 17.0 Å². The highest BCUT2D eigenvalue weighted by Crippen LogP contribution is 2.14. The molecular weight excluding hydrogens is 346 g/mol. The van der Waals surface area contributed by atoms with Crippen LogP contribution in [0.15, 0.2) is 48.5 Å². The Kier molecular flexibility index (Phi) is 7.21. The highest BCUT2D eigenvalue weighted by molar-refractivity contribution is 7.12. The number of rotatable bonds is 9. The van der Waals surface area contributed by atoms with Crippen molar-refractivity contribution in [3.8, 4) is 0 Å². The molecule has 0 N–H and O–H groups in total. The molecule has 0 saturated carbocycles. The highest BCUT2D eigenvalue weighted by Gasteiger charge is 2.23. The number of hydrogen-bond acceptors (Lipinski definition) is 3. The average Bonchev–Trinajstić information content (AvgIpc) is 3.25. The molecule has 2 amide bonds. The molecule has 0 spiro atoms. The molecule has 0 radical (unpaired) electrons. The molecule has 0 atom stereocenters. The molecule has 5 nitrogen and oxygen atoms in total. The maximum Gasteiger partial charge on any atom is 0.264 e. The Balaban J connectivity index is 2.13. The number of thiophene rings is 1. The van der Waals surface area contributed by atoms with Gasteiger partial charge < -0.3 is 14.4 Å². The molecule has 0 aliphatic heterocycles. The summed E-state index contributed by atoms with van der Waals surface area (Å²) in [6.45, 7) is 9.49. The van der Waals surface area contributed by atoms with Crippen molar-refractivity contribution < 1.29 is 9.59 Å². The fourth-order valence-electron chi connectivity index (χ4n) is 2.75. The van der Waals surface area contributed by atoms with Gasteiger partial charge in [-0.15, -0.1) is 17.9 Å². The molecule has 0 aliphatic rings. The summed E-state index contributed by atoms with van der Waals surface area (Å²) in [4.78, 5) is 29.7. The number of aromatic nitrogens is 1. The standard InChI is InChI=1S/C20H27N3O2S/c1-5-10-22(20(25)18-9-7-12-26-18)15-19(24)23(13-16(2)3)14-17-8-6-11-21(17)4/h5-9,11-12,16H,1,10,13-15H2,2-4H3. The smallest absolute Gasteiger partial charge is 0.264 e. The summed E-state index contributed by atoms with van der Waals surface area (Å²) in [6.07, 6.45) is 3.63. The van der Waals surface area contributed by atoms with Gasteiger partial charge in [0.1, 0.15) is 6.54 Å². The Labute approximate surface area is 159 Å². The van der Waals surface area contributed by atoms with E-state index >= 15 is 0 Å². The van der Waals surface area contributed by atoms with Crippen molar-refractivity contribution in [2.75, 3.05) is 19.6 Å². The zero-order valence-corrected chi connectivity index (χ0v) is 16.5. The summed E-state index contributed by atoms with van der Waals surface area (Å²) in [6, 6.07) is 7.60. The molecule has 2 heterocycles. The Morgan fingerprint density at radius 1 is 1.27 bits per heavy atom. The van der Waals surface area contributed by atoms with Crippen LogP contribution in [-0.4, -0.2) is 45.8 Å². The molecule has 0 aliphatic carbocycles. The van der Waals surface area contributed by atoms with Crippen LogP contribution in [0.25, 0.3) is 0 Å². The Bertz CT molecular complexity index is 734. The van der Waals surface area contributed by atoms with E-state index < -0.39 is 0 Å². The van der Waals surface area contributed by atoms with E-state index in [1.165, 1.54) is 11.3 Å². The van der Waals surface area contributed by atoms with Gasteiger partial charge in [-0.05, 0) is 29.5 Å². The van der Waals surface area contributed by atoms with Gasteiger partial charge in [0.2, 0.25) is 5.91 Å². The van der Waals surface area contributed by atoms with Crippen LogP contribution >= 0.6 is 11.3 Å². The Morgan fingerprint density at radius 2 is 2.04 bits per heavy atom. The molecule has 0 aromatic carbocycles. The van der Waals surface area contributed by atoms with Crippen LogP contribution in [0.2, 0.25) is 0 Å². The first kappa shape index (κ1) is 20.0. The van der Waals surface area contributed by atoms with E-state index in [-0.39, 0.29) is 18.4 Å². The van der Waals surface area contributed by atoms with E-state index in [0.717, 1.165) is 5.69 Å². The number of carbonyl (C=O) groups is 2. The van der Waals surface area contributed by atoms with E-state index in [1.807, 2.05) is 46.3 Å². The second kappa shape index (κ2) is 9.38. The molecule has 2 aromatic heterocycles. The molecule has 2 aromatic rings. The van der Waals surface area contributed by atoms with Gasteiger partial charge in [0.05, 0.1) is 11.4 Å². The van der Waals surface area contributed by atoms with E-state index in [9.17, 15) is 9.59 Å². The SMILES string of the molecule is C=CCN(CC(=O)N(Cc1cccn1C)CC(C)C)C(=O)c1cccs1. The Hall–Kier alpha value is -2.34. The van der Waals surface area contributed by atoms with E-state index in [0.29, 0.717) is 30.4 Å². The first-order valence-corrected chi connectivity index (χ1v) is 9.62. The molecule has 26 heavy (non-hydrogen) atoms.